The van der Waals surface area contributed by atoms with E-state index in [4.69, 9.17) is 10.3 Å². The van der Waals surface area contributed by atoms with Crippen molar-refractivity contribution in [2.75, 3.05) is 44.2 Å². The van der Waals surface area contributed by atoms with Gasteiger partial charge in [0.2, 0.25) is 0 Å². The predicted molar refractivity (Wildman–Crippen MR) is 163 cm³/mol. The maximum Gasteiger partial charge on any atom is 0.265 e. The van der Waals surface area contributed by atoms with Gasteiger partial charge in [0.25, 0.3) is 5.91 Å². The number of rotatable bonds is 8. The van der Waals surface area contributed by atoms with Crippen LogP contribution in [0, 0.1) is 23.0 Å². The first-order valence-corrected chi connectivity index (χ1v) is 14.4. The van der Waals surface area contributed by atoms with Crippen molar-refractivity contribution in [3.63, 3.8) is 0 Å². The molecule has 0 saturated carbocycles. The van der Waals surface area contributed by atoms with Crippen LogP contribution in [0.5, 0.6) is 0 Å². The molecular formula is C35H31F2N5O. The second-order valence-electron chi connectivity index (χ2n) is 10.8. The SMILES string of the molecule is N#Cc1ccc(N2CCN(CCCN3C(=O)C(c4ccc(F)cc4)(c4ccc(F)cc4)N=C3c3ccccc3)CC2)cc1. The number of piperazine rings is 1. The summed E-state index contributed by atoms with van der Waals surface area (Å²) in [5.74, 6) is -0.515. The van der Waals surface area contributed by atoms with Crippen LogP contribution < -0.4 is 4.90 Å². The van der Waals surface area contributed by atoms with Crippen molar-refractivity contribution in [3.8, 4) is 6.07 Å². The number of amides is 1. The number of benzene rings is 4. The molecule has 0 aromatic heterocycles. The van der Waals surface area contributed by atoms with E-state index in [1.54, 1.807) is 29.2 Å². The lowest BCUT2D eigenvalue weighted by Crippen LogP contribution is -2.47. The van der Waals surface area contributed by atoms with Gasteiger partial charge in [-0.1, -0.05) is 54.6 Å². The van der Waals surface area contributed by atoms with E-state index in [0.717, 1.165) is 50.4 Å². The van der Waals surface area contributed by atoms with E-state index in [9.17, 15) is 13.6 Å². The van der Waals surface area contributed by atoms with Crippen LogP contribution in [0.2, 0.25) is 0 Å². The Labute approximate surface area is 250 Å². The summed E-state index contributed by atoms with van der Waals surface area (Å²) in [4.78, 5) is 26.0. The van der Waals surface area contributed by atoms with Crippen molar-refractivity contribution in [2.45, 2.75) is 12.0 Å². The van der Waals surface area contributed by atoms with E-state index in [0.29, 0.717) is 29.1 Å². The predicted octanol–water partition coefficient (Wildman–Crippen LogP) is 5.58. The summed E-state index contributed by atoms with van der Waals surface area (Å²) >= 11 is 0. The maximum atomic E-state index is 14.5. The second-order valence-corrected chi connectivity index (χ2v) is 10.8. The molecule has 216 valence electrons. The Morgan fingerprint density at radius 1 is 0.744 bits per heavy atom. The molecule has 0 N–H and O–H groups in total. The molecule has 0 bridgehead atoms. The van der Waals surface area contributed by atoms with E-state index in [2.05, 4.69) is 15.9 Å². The van der Waals surface area contributed by atoms with E-state index >= 15 is 0 Å². The van der Waals surface area contributed by atoms with E-state index < -0.39 is 17.2 Å². The van der Waals surface area contributed by atoms with Crippen LogP contribution in [0.25, 0.3) is 0 Å². The number of halogens is 2. The van der Waals surface area contributed by atoms with Crippen LogP contribution in [0.1, 0.15) is 28.7 Å². The number of hydrogen-bond donors (Lipinski definition) is 0. The molecule has 0 atom stereocenters. The Hall–Kier alpha value is -4.87. The zero-order valence-corrected chi connectivity index (χ0v) is 23.7. The Balaban J connectivity index is 1.22. The summed E-state index contributed by atoms with van der Waals surface area (Å²) in [5.41, 5.74) is 2.17. The molecule has 2 aliphatic rings. The molecule has 4 aromatic rings. The average Bonchev–Trinajstić information content (AvgIpc) is 3.35. The average molecular weight is 576 g/mol. The van der Waals surface area contributed by atoms with Gasteiger partial charge in [0, 0.05) is 44.0 Å². The Morgan fingerprint density at radius 2 is 1.33 bits per heavy atom. The molecule has 8 heteroatoms. The number of amidine groups is 1. The zero-order valence-electron chi connectivity index (χ0n) is 23.7. The lowest BCUT2D eigenvalue weighted by molar-refractivity contribution is -0.130. The highest BCUT2D eigenvalue weighted by Gasteiger charge is 2.51. The molecule has 1 amide bonds. The maximum absolute atomic E-state index is 14.5. The molecule has 1 saturated heterocycles. The summed E-state index contributed by atoms with van der Waals surface area (Å²) in [6.45, 7) is 4.80. The number of hydrogen-bond acceptors (Lipinski definition) is 5. The molecule has 6 rings (SSSR count). The molecule has 43 heavy (non-hydrogen) atoms. The number of carbonyl (C=O) groups is 1. The number of nitriles is 1. The van der Waals surface area contributed by atoms with Gasteiger partial charge in [0.15, 0.2) is 5.54 Å². The minimum atomic E-state index is -1.46. The van der Waals surface area contributed by atoms with Crippen molar-refractivity contribution in [3.05, 3.63) is 137 Å². The lowest BCUT2D eigenvalue weighted by atomic mass is 9.82. The molecule has 0 unspecified atom stereocenters. The van der Waals surface area contributed by atoms with Crippen LogP contribution in [0.4, 0.5) is 14.5 Å². The number of carbonyl (C=O) groups excluding carboxylic acids is 1. The third-order valence-corrected chi connectivity index (χ3v) is 8.23. The molecule has 0 spiro atoms. The molecule has 4 aromatic carbocycles. The van der Waals surface area contributed by atoms with Crippen LogP contribution in [0.3, 0.4) is 0 Å². The highest BCUT2D eigenvalue weighted by Crippen LogP contribution is 2.41. The molecular weight excluding hydrogens is 544 g/mol. The molecule has 0 radical (unpaired) electrons. The van der Waals surface area contributed by atoms with Gasteiger partial charge in [-0.2, -0.15) is 5.26 Å². The first-order chi connectivity index (χ1) is 21.0. The first-order valence-electron chi connectivity index (χ1n) is 14.4. The highest BCUT2D eigenvalue weighted by molar-refractivity contribution is 6.16. The Kier molecular flexibility index (Phi) is 7.99. The minimum absolute atomic E-state index is 0.241. The summed E-state index contributed by atoms with van der Waals surface area (Å²) in [6, 6.07) is 31.0. The van der Waals surface area contributed by atoms with Crippen molar-refractivity contribution < 1.29 is 13.6 Å². The van der Waals surface area contributed by atoms with Gasteiger partial charge in [-0.25, -0.2) is 13.8 Å². The fourth-order valence-corrected chi connectivity index (χ4v) is 5.93. The van der Waals surface area contributed by atoms with Crippen LogP contribution >= 0.6 is 0 Å². The monoisotopic (exact) mass is 575 g/mol. The second kappa shape index (κ2) is 12.2. The minimum Gasteiger partial charge on any atom is -0.369 e. The molecule has 2 heterocycles. The van der Waals surface area contributed by atoms with E-state index in [-0.39, 0.29) is 5.91 Å². The third-order valence-electron chi connectivity index (χ3n) is 8.23. The molecule has 0 aliphatic carbocycles. The van der Waals surface area contributed by atoms with Gasteiger partial charge in [0.05, 0.1) is 11.6 Å². The first kappa shape index (κ1) is 28.3. The van der Waals surface area contributed by atoms with Crippen molar-refractivity contribution in [1.29, 1.82) is 5.26 Å². The lowest BCUT2D eigenvalue weighted by Gasteiger charge is -2.36. The third kappa shape index (κ3) is 5.64. The smallest absolute Gasteiger partial charge is 0.265 e. The van der Waals surface area contributed by atoms with Gasteiger partial charge in [0.1, 0.15) is 17.5 Å². The molecule has 2 aliphatic heterocycles. The quantitative estimate of drug-likeness (QED) is 0.275. The number of aliphatic imine (C=N–C) groups is 1. The van der Waals surface area contributed by atoms with Gasteiger partial charge in [-0.15, -0.1) is 0 Å². The normalized spacial score (nSPS) is 16.7. The van der Waals surface area contributed by atoms with Crippen LogP contribution in [-0.4, -0.2) is 60.8 Å². The van der Waals surface area contributed by atoms with E-state index in [1.165, 1.54) is 24.3 Å². The number of nitrogens with zero attached hydrogens (tertiary/aromatic N) is 5. The fourth-order valence-electron chi connectivity index (χ4n) is 5.93. The van der Waals surface area contributed by atoms with Crippen molar-refractivity contribution in [1.82, 2.24) is 9.80 Å². The van der Waals surface area contributed by atoms with E-state index in [1.807, 2.05) is 54.6 Å². The highest BCUT2D eigenvalue weighted by atomic mass is 19.1. The Morgan fingerprint density at radius 3 is 1.88 bits per heavy atom. The van der Waals surface area contributed by atoms with Gasteiger partial charge < -0.3 is 4.90 Å². The standard InChI is InChI=1S/C35H31F2N5O/c36-30-13-9-28(10-14-30)35(29-11-15-31(37)16-12-29)34(43)42(33(39-35)27-5-2-1-3-6-27)20-4-19-40-21-23-41(24-22-40)32-17-7-26(25-38)8-18-32/h1-3,5-18H,4,19-24H2. The van der Waals surface area contributed by atoms with Crippen molar-refractivity contribution >= 4 is 17.4 Å². The van der Waals surface area contributed by atoms with Gasteiger partial charge in [-0.05, 0) is 72.6 Å². The Bertz CT molecular complexity index is 1590. The molecule has 1 fully saturated rings. The summed E-state index contributed by atoms with van der Waals surface area (Å²) < 4.78 is 27.9. The van der Waals surface area contributed by atoms with Crippen LogP contribution in [-0.2, 0) is 10.3 Å². The number of anilines is 1. The van der Waals surface area contributed by atoms with Gasteiger partial charge in [-0.3, -0.25) is 14.6 Å². The molecule has 6 nitrogen and oxygen atoms in total. The fraction of sp³-hybridized carbons (Fsp3) is 0.229. The summed E-state index contributed by atoms with van der Waals surface area (Å²) in [5, 5.41) is 9.07. The topological polar surface area (TPSA) is 62.9 Å². The van der Waals surface area contributed by atoms with Crippen molar-refractivity contribution in [2.24, 2.45) is 4.99 Å². The van der Waals surface area contributed by atoms with Gasteiger partial charge >= 0.3 is 0 Å². The largest absolute Gasteiger partial charge is 0.369 e. The summed E-state index contributed by atoms with van der Waals surface area (Å²) in [7, 11) is 0. The summed E-state index contributed by atoms with van der Waals surface area (Å²) in [6.07, 6.45) is 0.734. The van der Waals surface area contributed by atoms with Crippen LogP contribution in [0.15, 0.2) is 108 Å². The zero-order chi connectivity index (χ0) is 29.8.